The van der Waals surface area contributed by atoms with Gasteiger partial charge in [0.25, 0.3) is 0 Å². The topological polar surface area (TPSA) is 96.0 Å². The molecule has 2 N–H and O–H groups in total. The number of amides is 1. The van der Waals surface area contributed by atoms with Crippen LogP contribution in [-0.2, 0) is 16.1 Å². The number of hydrogen-bond donors (Lipinski definition) is 2. The molecule has 2 rings (SSSR count). The summed E-state index contributed by atoms with van der Waals surface area (Å²) in [6.45, 7) is 2.99. The van der Waals surface area contributed by atoms with Gasteiger partial charge in [-0.3, -0.25) is 9.63 Å². The van der Waals surface area contributed by atoms with Crippen LogP contribution >= 0.6 is 0 Å². The lowest BCUT2D eigenvalue weighted by Gasteiger charge is -2.25. The Hall–Kier alpha value is -1.54. The van der Waals surface area contributed by atoms with Crippen molar-refractivity contribution in [1.29, 1.82) is 0 Å². The Morgan fingerprint density at radius 3 is 3.16 bits per heavy atom. The Labute approximate surface area is 111 Å². The Balaban J connectivity index is 1.49. The number of tetrazole rings is 1. The number of aryl methyl sites for hydroxylation is 1. The Kier molecular flexibility index (Phi) is 5.70. The minimum atomic E-state index is 0.0577. The van der Waals surface area contributed by atoms with Crippen LogP contribution in [0.15, 0.2) is 0 Å². The zero-order chi connectivity index (χ0) is 13.3. The first kappa shape index (κ1) is 13.9. The van der Waals surface area contributed by atoms with E-state index in [1.807, 2.05) is 5.06 Å². The molecule has 0 spiro atoms. The number of hydroxylamine groups is 2. The summed E-state index contributed by atoms with van der Waals surface area (Å²) in [5.74, 6) is 0.734. The smallest absolute Gasteiger partial charge is 0.221 e. The van der Waals surface area contributed by atoms with E-state index in [4.69, 9.17) is 4.84 Å². The SMILES string of the molecule is O=C(CCN1CCCCO1)NCCCc1nn[nH]n1. The van der Waals surface area contributed by atoms with E-state index in [0.29, 0.717) is 31.8 Å². The van der Waals surface area contributed by atoms with Crippen LogP contribution in [0.1, 0.15) is 31.5 Å². The van der Waals surface area contributed by atoms with Gasteiger partial charge in [-0.05, 0) is 19.3 Å². The zero-order valence-electron chi connectivity index (χ0n) is 11.0. The molecule has 2 heterocycles. The van der Waals surface area contributed by atoms with Crippen LogP contribution in [0, 0.1) is 0 Å². The fourth-order valence-corrected chi connectivity index (χ4v) is 1.90. The monoisotopic (exact) mass is 268 g/mol. The lowest BCUT2D eigenvalue weighted by molar-refractivity contribution is -0.181. The quantitative estimate of drug-likeness (QED) is 0.657. The largest absolute Gasteiger partial charge is 0.356 e. The number of H-pyrrole nitrogens is 1. The van der Waals surface area contributed by atoms with Crippen molar-refractivity contribution < 1.29 is 9.63 Å². The molecule has 1 aliphatic heterocycles. The van der Waals surface area contributed by atoms with E-state index in [2.05, 4.69) is 25.9 Å². The van der Waals surface area contributed by atoms with Gasteiger partial charge in [-0.2, -0.15) is 10.3 Å². The molecule has 8 nitrogen and oxygen atoms in total. The highest BCUT2D eigenvalue weighted by Crippen LogP contribution is 2.05. The fraction of sp³-hybridized carbons (Fsp3) is 0.818. The van der Waals surface area contributed by atoms with Crippen LogP contribution in [0.5, 0.6) is 0 Å². The van der Waals surface area contributed by atoms with E-state index in [0.717, 1.165) is 32.4 Å². The van der Waals surface area contributed by atoms with E-state index in [-0.39, 0.29) is 5.91 Å². The van der Waals surface area contributed by atoms with E-state index in [1.54, 1.807) is 0 Å². The molecule has 1 aliphatic rings. The second-order valence-electron chi connectivity index (χ2n) is 4.50. The molecule has 8 heteroatoms. The fourth-order valence-electron chi connectivity index (χ4n) is 1.90. The predicted molar refractivity (Wildman–Crippen MR) is 66.9 cm³/mol. The summed E-state index contributed by atoms with van der Waals surface area (Å²) in [6, 6.07) is 0. The molecule has 0 atom stereocenters. The number of nitrogens with one attached hydrogen (secondary N) is 2. The number of aromatic nitrogens is 4. The van der Waals surface area contributed by atoms with Crippen molar-refractivity contribution in [3.8, 4) is 0 Å². The molecule has 1 aromatic heterocycles. The van der Waals surface area contributed by atoms with Gasteiger partial charge in [0, 0.05) is 32.5 Å². The first-order valence-electron chi connectivity index (χ1n) is 6.71. The molecule has 0 bridgehead atoms. The normalized spacial score (nSPS) is 16.4. The highest BCUT2D eigenvalue weighted by molar-refractivity contribution is 5.75. The summed E-state index contributed by atoms with van der Waals surface area (Å²) in [6.07, 6.45) is 4.25. The van der Waals surface area contributed by atoms with Gasteiger partial charge >= 0.3 is 0 Å². The van der Waals surface area contributed by atoms with E-state index in [9.17, 15) is 4.79 Å². The summed E-state index contributed by atoms with van der Waals surface area (Å²) < 4.78 is 0. The van der Waals surface area contributed by atoms with Crippen LogP contribution < -0.4 is 5.32 Å². The second kappa shape index (κ2) is 7.80. The third-order valence-electron chi connectivity index (χ3n) is 2.95. The van der Waals surface area contributed by atoms with Gasteiger partial charge in [0.05, 0.1) is 6.61 Å². The van der Waals surface area contributed by atoms with Crippen LogP contribution in [-0.4, -0.2) is 57.8 Å². The molecule has 0 aliphatic carbocycles. The molecule has 0 unspecified atom stereocenters. The molecule has 0 radical (unpaired) electrons. The number of nitrogens with zero attached hydrogens (tertiary/aromatic N) is 4. The highest BCUT2D eigenvalue weighted by atomic mass is 16.7. The molecular formula is C11H20N6O2. The van der Waals surface area contributed by atoms with Gasteiger partial charge in [0.15, 0.2) is 5.82 Å². The molecule has 1 amide bonds. The number of rotatable bonds is 7. The van der Waals surface area contributed by atoms with Crippen molar-refractivity contribution in [2.45, 2.75) is 32.1 Å². The maximum absolute atomic E-state index is 11.6. The summed E-state index contributed by atoms with van der Waals surface area (Å²) in [7, 11) is 0. The molecule has 106 valence electrons. The molecule has 1 saturated heterocycles. The zero-order valence-corrected chi connectivity index (χ0v) is 11.0. The van der Waals surface area contributed by atoms with Crippen LogP contribution in [0.2, 0.25) is 0 Å². The molecule has 0 aromatic carbocycles. The van der Waals surface area contributed by atoms with Gasteiger partial charge in [-0.15, -0.1) is 10.2 Å². The number of carbonyl (C=O) groups is 1. The Morgan fingerprint density at radius 2 is 2.42 bits per heavy atom. The highest BCUT2D eigenvalue weighted by Gasteiger charge is 2.12. The van der Waals surface area contributed by atoms with Crippen LogP contribution in [0.3, 0.4) is 0 Å². The van der Waals surface area contributed by atoms with Crippen LogP contribution in [0.4, 0.5) is 0 Å². The average Bonchev–Trinajstić information content (AvgIpc) is 2.96. The summed E-state index contributed by atoms with van der Waals surface area (Å²) in [5, 5.41) is 18.3. The van der Waals surface area contributed by atoms with Gasteiger partial charge in [-0.1, -0.05) is 5.21 Å². The lowest BCUT2D eigenvalue weighted by atomic mass is 10.2. The number of hydrogen-bond acceptors (Lipinski definition) is 6. The standard InChI is InChI=1S/C11H20N6O2/c18-11(5-8-17-7-1-2-9-19-17)12-6-3-4-10-13-15-16-14-10/h1-9H2,(H,12,18)(H,13,14,15,16). The van der Waals surface area contributed by atoms with Crippen LogP contribution in [0.25, 0.3) is 0 Å². The minimum absolute atomic E-state index is 0.0577. The van der Waals surface area contributed by atoms with E-state index < -0.39 is 0 Å². The maximum atomic E-state index is 11.6. The van der Waals surface area contributed by atoms with Gasteiger partial charge < -0.3 is 5.32 Å². The first-order chi connectivity index (χ1) is 9.34. The van der Waals surface area contributed by atoms with Gasteiger partial charge in [0.2, 0.25) is 5.91 Å². The van der Waals surface area contributed by atoms with E-state index >= 15 is 0 Å². The maximum Gasteiger partial charge on any atom is 0.221 e. The van der Waals surface area contributed by atoms with Crippen molar-refractivity contribution in [3.63, 3.8) is 0 Å². The van der Waals surface area contributed by atoms with Crippen molar-refractivity contribution in [3.05, 3.63) is 5.82 Å². The summed E-state index contributed by atoms with van der Waals surface area (Å²) in [5.41, 5.74) is 0. The predicted octanol–water partition coefficient (Wildman–Crippen LogP) is -0.334. The molecule has 1 aromatic rings. The lowest BCUT2D eigenvalue weighted by Crippen LogP contribution is -2.34. The van der Waals surface area contributed by atoms with Crippen molar-refractivity contribution in [2.75, 3.05) is 26.2 Å². The number of aromatic amines is 1. The Bertz CT molecular complexity index is 363. The third-order valence-corrected chi connectivity index (χ3v) is 2.95. The van der Waals surface area contributed by atoms with Crippen molar-refractivity contribution in [1.82, 2.24) is 31.0 Å². The summed E-state index contributed by atoms with van der Waals surface area (Å²) >= 11 is 0. The third kappa shape index (κ3) is 5.31. The first-order valence-corrected chi connectivity index (χ1v) is 6.71. The van der Waals surface area contributed by atoms with Gasteiger partial charge in [-0.25, -0.2) is 0 Å². The van der Waals surface area contributed by atoms with Crippen molar-refractivity contribution >= 4 is 5.91 Å². The van der Waals surface area contributed by atoms with E-state index in [1.165, 1.54) is 0 Å². The molecular weight excluding hydrogens is 248 g/mol. The Morgan fingerprint density at radius 1 is 1.47 bits per heavy atom. The average molecular weight is 268 g/mol. The molecule has 1 fully saturated rings. The van der Waals surface area contributed by atoms with Crippen molar-refractivity contribution in [2.24, 2.45) is 0 Å². The summed E-state index contributed by atoms with van der Waals surface area (Å²) in [4.78, 5) is 17.0. The second-order valence-corrected chi connectivity index (χ2v) is 4.50. The number of carbonyl (C=O) groups excluding carboxylic acids is 1. The molecule has 19 heavy (non-hydrogen) atoms. The van der Waals surface area contributed by atoms with Gasteiger partial charge in [0.1, 0.15) is 0 Å². The molecule has 0 saturated carbocycles. The minimum Gasteiger partial charge on any atom is -0.356 e.